The molecular formula is C13H20FN. The van der Waals surface area contributed by atoms with Gasteiger partial charge >= 0.3 is 0 Å². The molecule has 2 unspecified atom stereocenters. The van der Waals surface area contributed by atoms with Crippen molar-refractivity contribution in [2.45, 2.75) is 45.7 Å². The summed E-state index contributed by atoms with van der Waals surface area (Å²) in [5.41, 5.74) is 1.01. The van der Waals surface area contributed by atoms with E-state index in [2.05, 4.69) is 26.1 Å². The van der Waals surface area contributed by atoms with Gasteiger partial charge in [0.15, 0.2) is 0 Å². The summed E-state index contributed by atoms with van der Waals surface area (Å²) in [7, 11) is 0. The predicted molar refractivity (Wildman–Crippen MR) is 62.3 cm³/mol. The highest BCUT2D eigenvalue weighted by Crippen LogP contribution is 2.14. The first kappa shape index (κ1) is 12.2. The molecule has 0 saturated carbocycles. The molecular weight excluding hydrogens is 189 g/mol. The largest absolute Gasteiger partial charge is 0.308 e. The van der Waals surface area contributed by atoms with Crippen molar-refractivity contribution < 1.29 is 4.39 Å². The van der Waals surface area contributed by atoms with E-state index in [0.29, 0.717) is 6.04 Å². The smallest absolute Gasteiger partial charge is 0.123 e. The average Bonchev–Trinajstić information content (AvgIpc) is 2.18. The number of halogens is 1. The molecule has 0 aliphatic heterocycles. The van der Waals surface area contributed by atoms with E-state index in [1.165, 1.54) is 12.5 Å². The van der Waals surface area contributed by atoms with Crippen LogP contribution in [0.2, 0.25) is 0 Å². The number of rotatable bonds is 5. The molecule has 0 fully saturated rings. The minimum atomic E-state index is -0.163. The van der Waals surface area contributed by atoms with Crippen LogP contribution in [0.3, 0.4) is 0 Å². The summed E-state index contributed by atoms with van der Waals surface area (Å²) >= 11 is 0. The zero-order valence-corrected chi connectivity index (χ0v) is 9.76. The first-order chi connectivity index (χ1) is 7.13. The second-order valence-corrected chi connectivity index (χ2v) is 4.13. The van der Waals surface area contributed by atoms with Crippen molar-refractivity contribution >= 4 is 0 Å². The summed E-state index contributed by atoms with van der Waals surface area (Å²) in [6.07, 6.45) is 2.32. The van der Waals surface area contributed by atoms with E-state index in [9.17, 15) is 4.39 Å². The Morgan fingerprint density at radius 3 is 2.67 bits per heavy atom. The van der Waals surface area contributed by atoms with Crippen LogP contribution in [0, 0.1) is 5.82 Å². The molecule has 2 atom stereocenters. The summed E-state index contributed by atoms with van der Waals surface area (Å²) < 4.78 is 13.0. The maximum atomic E-state index is 13.0. The van der Waals surface area contributed by atoms with Gasteiger partial charge in [-0.25, -0.2) is 4.39 Å². The fraction of sp³-hybridized carbons (Fsp3) is 0.538. The van der Waals surface area contributed by atoms with Gasteiger partial charge < -0.3 is 5.32 Å². The average molecular weight is 209 g/mol. The Morgan fingerprint density at radius 1 is 1.33 bits per heavy atom. The predicted octanol–water partition coefficient (Wildman–Crippen LogP) is 3.66. The summed E-state index contributed by atoms with van der Waals surface area (Å²) in [5.74, 6) is -0.163. The quantitative estimate of drug-likeness (QED) is 0.780. The van der Waals surface area contributed by atoms with Crippen LogP contribution in [-0.2, 0) is 0 Å². The lowest BCUT2D eigenvalue weighted by Gasteiger charge is -2.19. The minimum absolute atomic E-state index is 0.163. The van der Waals surface area contributed by atoms with Crippen molar-refractivity contribution in [3.63, 3.8) is 0 Å². The van der Waals surface area contributed by atoms with Crippen LogP contribution in [0.5, 0.6) is 0 Å². The molecule has 1 aromatic carbocycles. The Hall–Kier alpha value is -0.890. The van der Waals surface area contributed by atoms with E-state index < -0.39 is 0 Å². The monoisotopic (exact) mass is 209 g/mol. The van der Waals surface area contributed by atoms with Gasteiger partial charge in [-0.15, -0.1) is 0 Å². The molecule has 84 valence electrons. The number of benzene rings is 1. The first-order valence-electron chi connectivity index (χ1n) is 5.65. The van der Waals surface area contributed by atoms with Gasteiger partial charge in [0.05, 0.1) is 0 Å². The van der Waals surface area contributed by atoms with E-state index in [-0.39, 0.29) is 11.9 Å². The van der Waals surface area contributed by atoms with Gasteiger partial charge in [0, 0.05) is 12.1 Å². The fourth-order valence-electron chi connectivity index (χ4n) is 1.82. The highest BCUT2D eigenvalue weighted by molar-refractivity contribution is 5.19. The van der Waals surface area contributed by atoms with E-state index >= 15 is 0 Å². The highest BCUT2D eigenvalue weighted by Gasteiger charge is 2.08. The Bertz CT molecular complexity index is 298. The lowest BCUT2D eigenvalue weighted by Crippen LogP contribution is -2.28. The summed E-state index contributed by atoms with van der Waals surface area (Å²) in [5, 5.41) is 3.46. The van der Waals surface area contributed by atoms with Crippen LogP contribution in [0.1, 0.15) is 45.2 Å². The number of nitrogens with one attached hydrogen (secondary N) is 1. The van der Waals surface area contributed by atoms with Gasteiger partial charge in [-0.2, -0.15) is 0 Å². The third kappa shape index (κ3) is 4.00. The van der Waals surface area contributed by atoms with Gasteiger partial charge in [0.2, 0.25) is 0 Å². The molecule has 0 aliphatic carbocycles. The highest BCUT2D eigenvalue weighted by atomic mass is 19.1. The Kier molecular flexibility index (Phi) is 4.76. The van der Waals surface area contributed by atoms with Gasteiger partial charge in [-0.3, -0.25) is 0 Å². The third-order valence-corrected chi connectivity index (χ3v) is 2.60. The molecule has 1 N–H and O–H groups in total. The maximum Gasteiger partial charge on any atom is 0.123 e. The molecule has 1 nitrogen and oxygen atoms in total. The molecule has 15 heavy (non-hydrogen) atoms. The summed E-state index contributed by atoms with van der Waals surface area (Å²) in [4.78, 5) is 0. The van der Waals surface area contributed by atoms with Crippen molar-refractivity contribution in [2.24, 2.45) is 0 Å². The first-order valence-corrected chi connectivity index (χ1v) is 5.65. The van der Waals surface area contributed by atoms with Gasteiger partial charge in [0.25, 0.3) is 0 Å². The van der Waals surface area contributed by atoms with Gasteiger partial charge in [-0.1, -0.05) is 25.5 Å². The Morgan fingerprint density at radius 2 is 2.07 bits per heavy atom. The second kappa shape index (κ2) is 5.86. The molecule has 0 spiro atoms. The lowest BCUT2D eigenvalue weighted by molar-refractivity contribution is 0.451. The molecule has 0 aromatic heterocycles. The van der Waals surface area contributed by atoms with Crippen LogP contribution in [0.25, 0.3) is 0 Å². The molecule has 0 amide bonds. The van der Waals surface area contributed by atoms with E-state index in [4.69, 9.17) is 0 Å². The zero-order chi connectivity index (χ0) is 11.3. The molecule has 0 radical (unpaired) electrons. The molecule has 1 rings (SSSR count). The van der Waals surface area contributed by atoms with Crippen LogP contribution >= 0.6 is 0 Å². The van der Waals surface area contributed by atoms with Crippen LogP contribution in [0.4, 0.5) is 4.39 Å². The van der Waals surface area contributed by atoms with Crippen LogP contribution < -0.4 is 5.32 Å². The normalized spacial score (nSPS) is 14.9. The third-order valence-electron chi connectivity index (χ3n) is 2.60. The second-order valence-electron chi connectivity index (χ2n) is 4.13. The summed E-state index contributed by atoms with van der Waals surface area (Å²) in [6, 6.07) is 7.48. The van der Waals surface area contributed by atoms with Crippen molar-refractivity contribution in [1.82, 2.24) is 5.32 Å². The molecule has 0 heterocycles. The molecule has 0 saturated heterocycles. The number of hydrogen-bond acceptors (Lipinski definition) is 1. The zero-order valence-electron chi connectivity index (χ0n) is 9.76. The Labute approximate surface area is 91.7 Å². The molecule has 0 aliphatic rings. The molecule has 0 bridgehead atoms. The van der Waals surface area contributed by atoms with E-state index in [0.717, 1.165) is 12.0 Å². The lowest BCUT2D eigenvalue weighted by atomic mass is 10.1. The van der Waals surface area contributed by atoms with Gasteiger partial charge in [0.1, 0.15) is 5.82 Å². The Balaban J connectivity index is 2.56. The minimum Gasteiger partial charge on any atom is -0.308 e. The topological polar surface area (TPSA) is 12.0 Å². The standard InChI is InChI=1S/C13H20FN/c1-4-6-10(2)15-11(3)12-7-5-8-13(14)9-12/h5,7-11,15H,4,6H2,1-3H3. The van der Waals surface area contributed by atoms with E-state index in [1.807, 2.05) is 6.07 Å². The van der Waals surface area contributed by atoms with E-state index in [1.54, 1.807) is 12.1 Å². The maximum absolute atomic E-state index is 13.0. The molecule has 2 heteroatoms. The fourth-order valence-corrected chi connectivity index (χ4v) is 1.82. The van der Waals surface area contributed by atoms with Crippen LogP contribution in [-0.4, -0.2) is 6.04 Å². The van der Waals surface area contributed by atoms with Crippen molar-refractivity contribution in [3.05, 3.63) is 35.6 Å². The summed E-state index contributed by atoms with van der Waals surface area (Å²) in [6.45, 7) is 6.41. The van der Waals surface area contributed by atoms with Crippen molar-refractivity contribution in [2.75, 3.05) is 0 Å². The SMILES string of the molecule is CCCC(C)NC(C)c1cccc(F)c1. The number of hydrogen-bond donors (Lipinski definition) is 1. The van der Waals surface area contributed by atoms with Crippen molar-refractivity contribution in [3.8, 4) is 0 Å². The van der Waals surface area contributed by atoms with Crippen LogP contribution in [0.15, 0.2) is 24.3 Å². The van der Waals surface area contributed by atoms with Gasteiger partial charge in [-0.05, 0) is 38.0 Å². The molecule has 1 aromatic rings. The van der Waals surface area contributed by atoms with Crippen molar-refractivity contribution in [1.29, 1.82) is 0 Å².